The van der Waals surface area contributed by atoms with Crippen LogP contribution in [0.2, 0.25) is 0 Å². The van der Waals surface area contributed by atoms with Crippen molar-refractivity contribution >= 4 is 81.2 Å². The van der Waals surface area contributed by atoms with Gasteiger partial charge in [-0.1, -0.05) is 88.4 Å². The molecule has 10 rings (SSSR count). The summed E-state index contributed by atoms with van der Waals surface area (Å²) in [6.07, 6.45) is 13.4. The largest absolute Gasteiger partial charge is 0.343 e. The summed E-state index contributed by atoms with van der Waals surface area (Å²) < 4.78 is 0. The maximum absolute atomic E-state index is 13.8. The predicted molar refractivity (Wildman–Crippen MR) is 321 cm³/mol. The standard InChI is InChI=1S/2C32H42N6O4/c2*1-19(2)27-28(39)33-20(3)29(40)38-17-6-8-24(36-38)30(41)37-16-7-9-26(37)23-13-12-22-11-10-21(18-25(22)34-23)14-15-32(4,5)31(42)35-27/h2*10-15,18-20,24,26-27,36H,6-9,16-17H2,1-5H3,(H,33,39)(H,35,42)/b2*15-14+/t20-,24-,26+,27-;20-,24-,26-,27-/m00/s1. The van der Waals surface area contributed by atoms with E-state index in [9.17, 15) is 38.4 Å². The van der Waals surface area contributed by atoms with Crippen molar-refractivity contribution in [2.75, 3.05) is 26.2 Å². The quantitative estimate of drug-likeness (QED) is 0.132. The van der Waals surface area contributed by atoms with Crippen LogP contribution in [0.5, 0.6) is 0 Å². The van der Waals surface area contributed by atoms with Gasteiger partial charge in [0.25, 0.3) is 11.8 Å². The van der Waals surface area contributed by atoms with E-state index in [0.717, 1.165) is 70.0 Å². The van der Waals surface area contributed by atoms with Gasteiger partial charge in [0.05, 0.1) is 45.3 Å². The summed E-state index contributed by atoms with van der Waals surface area (Å²) in [6, 6.07) is 15.3. The number of carbonyl (C=O) groups is 8. The van der Waals surface area contributed by atoms with Gasteiger partial charge in [-0.25, -0.2) is 10.9 Å². The first-order chi connectivity index (χ1) is 39.9. The minimum atomic E-state index is -0.907. The molecule has 8 amide bonds. The van der Waals surface area contributed by atoms with Crippen molar-refractivity contribution in [1.82, 2.24) is 61.9 Å². The van der Waals surface area contributed by atoms with Gasteiger partial charge in [0, 0.05) is 37.0 Å². The molecular formula is C64H84N12O8. The molecule has 4 saturated heterocycles. The summed E-state index contributed by atoms with van der Waals surface area (Å²) in [5, 5.41) is 16.3. The molecule has 0 unspecified atom stereocenters. The third-order valence-corrected chi connectivity index (χ3v) is 17.2. The van der Waals surface area contributed by atoms with Crippen LogP contribution in [-0.4, -0.2) is 139 Å². The molecule has 0 spiro atoms. The molecule has 6 aliphatic rings. The summed E-state index contributed by atoms with van der Waals surface area (Å²) in [6.45, 7) is 20.0. The lowest BCUT2D eigenvalue weighted by Gasteiger charge is -2.37. The van der Waals surface area contributed by atoms with Crippen LogP contribution >= 0.6 is 0 Å². The first kappa shape index (κ1) is 61.0. The fourth-order valence-corrected chi connectivity index (χ4v) is 11.9. The molecule has 4 aromatic rings. The lowest BCUT2D eigenvalue weighted by molar-refractivity contribution is -0.147. The van der Waals surface area contributed by atoms with Crippen molar-refractivity contribution < 1.29 is 38.4 Å². The zero-order chi connectivity index (χ0) is 60.4. The molecule has 10 bridgehead atoms. The number of hydrazine groups is 2. The van der Waals surface area contributed by atoms with Crippen LogP contribution in [-0.2, 0) is 38.4 Å². The smallest absolute Gasteiger partial charge is 0.258 e. The van der Waals surface area contributed by atoms with Gasteiger partial charge < -0.3 is 31.1 Å². The molecule has 4 fully saturated rings. The van der Waals surface area contributed by atoms with Crippen LogP contribution in [0.4, 0.5) is 0 Å². The van der Waals surface area contributed by atoms with Crippen LogP contribution in [0.3, 0.4) is 0 Å². The van der Waals surface area contributed by atoms with Gasteiger partial charge >= 0.3 is 0 Å². The van der Waals surface area contributed by atoms with E-state index in [0.29, 0.717) is 51.9 Å². The molecular weight excluding hydrogens is 1060 g/mol. The fraction of sp³-hybridized carbons (Fsp3) is 0.531. The second-order valence-corrected chi connectivity index (χ2v) is 25.3. The Morgan fingerprint density at radius 3 is 1.23 bits per heavy atom. The second kappa shape index (κ2) is 25.3. The second-order valence-electron chi connectivity index (χ2n) is 25.3. The monoisotopic (exact) mass is 1150 g/mol. The van der Waals surface area contributed by atoms with Gasteiger partial charge in [-0.3, -0.25) is 58.3 Å². The number of aromatic nitrogens is 2. The first-order valence-corrected chi connectivity index (χ1v) is 30.1. The molecule has 0 aliphatic carbocycles. The molecule has 8 atom stereocenters. The summed E-state index contributed by atoms with van der Waals surface area (Å²) in [4.78, 5) is 121. The lowest BCUT2D eigenvalue weighted by Crippen LogP contribution is -2.62. The van der Waals surface area contributed by atoms with Crippen molar-refractivity contribution in [2.45, 2.75) is 169 Å². The van der Waals surface area contributed by atoms with E-state index in [2.05, 4.69) is 32.1 Å². The zero-order valence-electron chi connectivity index (χ0n) is 50.3. The molecule has 8 heterocycles. The van der Waals surface area contributed by atoms with E-state index >= 15 is 0 Å². The highest BCUT2D eigenvalue weighted by molar-refractivity contribution is 5.96. The summed E-state index contributed by atoms with van der Waals surface area (Å²) in [5.41, 5.74) is 9.61. The maximum Gasteiger partial charge on any atom is 0.258 e. The Hall–Kier alpha value is -7.58. The topological polar surface area (TPSA) is 247 Å². The number of rotatable bonds is 2. The minimum Gasteiger partial charge on any atom is -0.343 e. The molecule has 20 heteroatoms. The molecule has 0 radical (unpaired) electrons. The third-order valence-electron chi connectivity index (χ3n) is 17.2. The van der Waals surface area contributed by atoms with E-state index in [1.807, 2.05) is 122 Å². The van der Waals surface area contributed by atoms with E-state index in [4.69, 9.17) is 9.97 Å². The average molecular weight is 1150 g/mol. The maximum atomic E-state index is 13.8. The highest BCUT2D eigenvalue weighted by atomic mass is 16.2. The molecule has 2 aromatic carbocycles. The van der Waals surface area contributed by atoms with Crippen molar-refractivity contribution in [3.8, 4) is 0 Å². The average Bonchev–Trinajstić information content (AvgIpc) is 4.21. The number of benzene rings is 2. The van der Waals surface area contributed by atoms with Gasteiger partial charge in [0.2, 0.25) is 35.4 Å². The number of carbonyl (C=O) groups excluding carboxylic acids is 8. The molecule has 448 valence electrons. The van der Waals surface area contributed by atoms with Crippen LogP contribution in [0.15, 0.2) is 72.8 Å². The van der Waals surface area contributed by atoms with Crippen LogP contribution < -0.4 is 32.1 Å². The summed E-state index contributed by atoms with van der Waals surface area (Å²) >= 11 is 0. The van der Waals surface area contributed by atoms with E-state index in [-0.39, 0.29) is 59.4 Å². The highest BCUT2D eigenvalue weighted by Crippen LogP contribution is 2.36. The van der Waals surface area contributed by atoms with Crippen LogP contribution in [0.25, 0.3) is 34.0 Å². The Labute approximate surface area is 492 Å². The number of nitrogens with zero attached hydrogens (tertiary/aromatic N) is 6. The number of amides is 8. The van der Waals surface area contributed by atoms with Crippen molar-refractivity contribution in [1.29, 1.82) is 0 Å². The highest BCUT2D eigenvalue weighted by Gasteiger charge is 2.41. The number of hydrogen-bond acceptors (Lipinski definition) is 12. The van der Waals surface area contributed by atoms with Gasteiger partial charge in [0.15, 0.2) is 0 Å². The van der Waals surface area contributed by atoms with Gasteiger partial charge in [0.1, 0.15) is 36.3 Å². The molecule has 0 saturated carbocycles. The van der Waals surface area contributed by atoms with E-state index < -0.39 is 58.9 Å². The Morgan fingerprint density at radius 1 is 0.476 bits per heavy atom. The minimum absolute atomic E-state index is 0.0408. The van der Waals surface area contributed by atoms with Crippen molar-refractivity contribution in [3.63, 3.8) is 0 Å². The molecule has 20 nitrogen and oxygen atoms in total. The normalized spacial score (nSPS) is 28.0. The first-order valence-electron chi connectivity index (χ1n) is 30.1. The van der Waals surface area contributed by atoms with Gasteiger partial charge in [-0.15, -0.1) is 0 Å². The number of fused-ring (bicyclic) bond motifs is 12. The lowest BCUT2D eigenvalue weighted by atomic mass is 9.89. The Bertz CT molecular complexity index is 3050. The summed E-state index contributed by atoms with van der Waals surface area (Å²) in [7, 11) is 0. The molecule has 6 aliphatic heterocycles. The van der Waals surface area contributed by atoms with E-state index in [1.54, 1.807) is 41.5 Å². The molecule has 6 N–H and O–H groups in total. The van der Waals surface area contributed by atoms with E-state index in [1.165, 1.54) is 10.0 Å². The van der Waals surface area contributed by atoms with Crippen LogP contribution in [0, 0.1) is 22.7 Å². The zero-order valence-corrected chi connectivity index (χ0v) is 50.3. The molecule has 2 aromatic heterocycles. The number of hydrogen-bond donors (Lipinski definition) is 6. The Morgan fingerprint density at radius 2 is 0.845 bits per heavy atom. The summed E-state index contributed by atoms with van der Waals surface area (Å²) in [5.74, 6) is -2.58. The number of pyridine rings is 2. The fourth-order valence-electron chi connectivity index (χ4n) is 11.9. The SMILES string of the molecule is CC(C)[C@@H]1NC(=O)C(C)(C)/C=C/c2ccc3ccc(nc3c2)[C@@H]2CCCN2C(=O)[C@@H]2CCCN(N2)C(=O)[C@H](C)NC1=O.CC(C)[C@@H]1NC(=O)C(C)(C)/C=C/c2ccc3ccc(nc3c2)[C@H]2CCCN2C(=O)[C@@H]2CCCN(N2)C(=O)[C@H](C)NC1=O. The van der Waals surface area contributed by atoms with Crippen molar-refractivity contribution in [2.24, 2.45) is 22.7 Å². The Balaban J connectivity index is 0.000000202. The molecule has 84 heavy (non-hydrogen) atoms. The van der Waals surface area contributed by atoms with Gasteiger partial charge in [-0.05, 0) is 140 Å². The van der Waals surface area contributed by atoms with Crippen LogP contribution in [0.1, 0.15) is 155 Å². The number of nitrogens with one attached hydrogen (secondary N) is 6. The van der Waals surface area contributed by atoms with Crippen molar-refractivity contribution in [3.05, 3.63) is 95.3 Å². The third kappa shape index (κ3) is 13.5. The predicted octanol–water partition coefficient (Wildman–Crippen LogP) is 6.18. The Kier molecular flexibility index (Phi) is 18.4. The van der Waals surface area contributed by atoms with Gasteiger partial charge in [-0.2, -0.15) is 0 Å².